The predicted octanol–water partition coefficient (Wildman–Crippen LogP) is 4.57. The second kappa shape index (κ2) is 8.25. The van der Waals surface area contributed by atoms with E-state index in [4.69, 9.17) is 11.6 Å². The van der Waals surface area contributed by atoms with Gasteiger partial charge in [0, 0.05) is 17.6 Å². The Balaban J connectivity index is 1.74. The summed E-state index contributed by atoms with van der Waals surface area (Å²) in [5, 5.41) is 7.35. The monoisotopic (exact) mass is 439 g/mol. The third kappa shape index (κ3) is 4.34. The van der Waals surface area contributed by atoms with Gasteiger partial charge in [-0.15, -0.1) is 11.3 Å². The van der Waals surface area contributed by atoms with Crippen molar-refractivity contribution in [2.45, 2.75) is 20.4 Å². The Morgan fingerprint density at radius 3 is 2.70 bits per heavy atom. The van der Waals surface area contributed by atoms with Crippen LogP contribution in [0.3, 0.4) is 0 Å². The number of aryl methyl sites for hydroxylation is 1. The van der Waals surface area contributed by atoms with Gasteiger partial charge in [0.15, 0.2) is 0 Å². The number of carbonyl (C=O) groups is 1. The molecule has 0 saturated carbocycles. The molecule has 152 valence electrons. The fourth-order valence-electron chi connectivity index (χ4n) is 3.03. The highest BCUT2D eigenvalue weighted by Gasteiger charge is 2.13. The number of anilines is 3. The number of fused-ring (bicyclic) bond motifs is 1. The molecular formula is C21H18ClN5O2S. The van der Waals surface area contributed by atoms with Crippen LogP contribution in [0.5, 0.6) is 0 Å². The van der Waals surface area contributed by atoms with E-state index in [0.29, 0.717) is 11.0 Å². The molecule has 4 rings (SSSR count). The Kier molecular flexibility index (Phi) is 5.52. The van der Waals surface area contributed by atoms with Gasteiger partial charge in [-0.2, -0.15) is 0 Å². The highest BCUT2D eigenvalue weighted by atomic mass is 35.5. The Morgan fingerprint density at radius 1 is 1.20 bits per heavy atom. The number of nitrogens with one attached hydrogen (secondary N) is 2. The summed E-state index contributed by atoms with van der Waals surface area (Å²) >= 11 is 7.57. The summed E-state index contributed by atoms with van der Waals surface area (Å²) in [6.45, 7) is 3.58. The van der Waals surface area contributed by atoms with Gasteiger partial charge in [-0.1, -0.05) is 23.7 Å². The topological polar surface area (TPSA) is 88.9 Å². The van der Waals surface area contributed by atoms with Crippen LogP contribution in [0.15, 0.2) is 53.5 Å². The van der Waals surface area contributed by atoms with Crippen molar-refractivity contribution in [1.82, 2.24) is 14.5 Å². The number of benzene rings is 2. The fraction of sp³-hybridized carbons (Fsp3) is 0.143. The van der Waals surface area contributed by atoms with Crippen LogP contribution in [-0.2, 0) is 11.3 Å². The lowest BCUT2D eigenvalue weighted by Gasteiger charge is -2.15. The van der Waals surface area contributed by atoms with Gasteiger partial charge in [0.1, 0.15) is 5.69 Å². The molecule has 0 aliphatic rings. The summed E-state index contributed by atoms with van der Waals surface area (Å²) in [6.07, 6.45) is 1.36. The molecule has 0 atom stereocenters. The SMILES string of the molecule is CC(=O)Nc1cnc(Nc2ccc3nc(C)sc3c2)n(Cc2ccc(Cl)cc2)c1=O. The van der Waals surface area contributed by atoms with Crippen LogP contribution in [0.25, 0.3) is 10.2 Å². The molecule has 0 spiro atoms. The van der Waals surface area contributed by atoms with E-state index in [1.165, 1.54) is 17.7 Å². The normalized spacial score (nSPS) is 10.9. The molecule has 2 aromatic heterocycles. The van der Waals surface area contributed by atoms with Gasteiger partial charge in [0.25, 0.3) is 5.56 Å². The average Bonchev–Trinajstić information content (AvgIpc) is 3.07. The van der Waals surface area contributed by atoms with Crippen LogP contribution >= 0.6 is 22.9 Å². The van der Waals surface area contributed by atoms with Gasteiger partial charge in [-0.05, 0) is 42.8 Å². The number of carbonyl (C=O) groups excluding carboxylic acids is 1. The molecule has 1 amide bonds. The van der Waals surface area contributed by atoms with E-state index in [1.54, 1.807) is 23.5 Å². The number of rotatable bonds is 5. The first-order valence-corrected chi connectivity index (χ1v) is 10.3. The van der Waals surface area contributed by atoms with Gasteiger partial charge < -0.3 is 10.6 Å². The Morgan fingerprint density at radius 2 is 1.97 bits per heavy atom. The molecule has 0 bridgehead atoms. The van der Waals surface area contributed by atoms with E-state index in [-0.39, 0.29) is 23.7 Å². The zero-order valence-corrected chi connectivity index (χ0v) is 17.8. The van der Waals surface area contributed by atoms with Crippen molar-refractivity contribution in [2.24, 2.45) is 0 Å². The highest BCUT2D eigenvalue weighted by molar-refractivity contribution is 7.18. The molecular weight excluding hydrogens is 422 g/mol. The maximum absolute atomic E-state index is 13.0. The summed E-state index contributed by atoms with van der Waals surface area (Å²) in [5.74, 6) is 0.0308. The van der Waals surface area contributed by atoms with Crippen molar-refractivity contribution >= 4 is 56.4 Å². The van der Waals surface area contributed by atoms with Crippen LogP contribution in [0.2, 0.25) is 5.02 Å². The maximum Gasteiger partial charge on any atom is 0.279 e. The van der Waals surface area contributed by atoms with E-state index < -0.39 is 0 Å². The van der Waals surface area contributed by atoms with Crippen molar-refractivity contribution in [3.63, 3.8) is 0 Å². The number of aromatic nitrogens is 3. The molecule has 2 N–H and O–H groups in total. The van der Waals surface area contributed by atoms with Crippen LogP contribution < -0.4 is 16.2 Å². The van der Waals surface area contributed by atoms with E-state index in [0.717, 1.165) is 26.5 Å². The van der Waals surface area contributed by atoms with Crippen LogP contribution in [0.1, 0.15) is 17.5 Å². The molecule has 2 heterocycles. The highest BCUT2D eigenvalue weighted by Crippen LogP contribution is 2.26. The average molecular weight is 440 g/mol. The summed E-state index contributed by atoms with van der Waals surface area (Å²) in [4.78, 5) is 33.3. The van der Waals surface area contributed by atoms with Crippen LogP contribution in [0.4, 0.5) is 17.3 Å². The molecule has 7 nitrogen and oxygen atoms in total. The van der Waals surface area contributed by atoms with E-state index in [2.05, 4.69) is 20.6 Å². The van der Waals surface area contributed by atoms with Gasteiger partial charge in [-0.25, -0.2) is 9.97 Å². The first-order valence-electron chi connectivity index (χ1n) is 9.15. The lowest BCUT2D eigenvalue weighted by atomic mass is 10.2. The third-order valence-corrected chi connectivity index (χ3v) is 5.55. The molecule has 2 aromatic carbocycles. The minimum absolute atomic E-state index is 0.121. The molecule has 9 heteroatoms. The maximum atomic E-state index is 13.0. The third-order valence-electron chi connectivity index (χ3n) is 4.36. The lowest BCUT2D eigenvalue weighted by molar-refractivity contribution is -0.114. The number of amides is 1. The minimum Gasteiger partial charge on any atom is -0.325 e. The Labute approximate surface area is 181 Å². The molecule has 4 aromatic rings. The molecule has 0 unspecified atom stereocenters. The quantitative estimate of drug-likeness (QED) is 0.475. The van der Waals surface area contributed by atoms with Gasteiger partial charge in [0.2, 0.25) is 11.9 Å². The molecule has 30 heavy (non-hydrogen) atoms. The van der Waals surface area contributed by atoms with Gasteiger partial charge in [-0.3, -0.25) is 14.2 Å². The first kappa shape index (κ1) is 20.1. The van der Waals surface area contributed by atoms with Crippen molar-refractivity contribution in [3.8, 4) is 0 Å². The standard InChI is InChI=1S/C21H18ClN5O2S/c1-12(28)24-18-10-23-21(26-16-7-8-17-19(9-16)30-13(2)25-17)27(20(18)29)11-14-3-5-15(22)6-4-14/h3-10H,11H2,1-2H3,(H,23,26)(H,24,28). The largest absolute Gasteiger partial charge is 0.325 e. The number of thiazole rings is 1. The lowest BCUT2D eigenvalue weighted by Crippen LogP contribution is -2.28. The number of nitrogens with zero attached hydrogens (tertiary/aromatic N) is 3. The van der Waals surface area contributed by atoms with Crippen LogP contribution in [0, 0.1) is 6.92 Å². The fourth-order valence-corrected chi connectivity index (χ4v) is 4.03. The zero-order chi connectivity index (χ0) is 21.3. The summed E-state index contributed by atoms with van der Waals surface area (Å²) in [7, 11) is 0. The summed E-state index contributed by atoms with van der Waals surface area (Å²) < 4.78 is 2.52. The smallest absolute Gasteiger partial charge is 0.279 e. The molecule has 0 aliphatic carbocycles. The molecule has 0 saturated heterocycles. The predicted molar refractivity (Wildman–Crippen MR) is 121 cm³/mol. The second-order valence-corrected chi connectivity index (χ2v) is 8.41. The first-order chi connectivity index (χ1) is 14.4. The van der Waals surface area contributed by atoms with Gasteiger partial charge in [0.05, 0.1) is 28.0 Å². The van der Waals surface area contributed by atoms with Crippen molar-refractivity contribution in [2.75, 3.05) is 10.6 Å². The number of hydrogen-bond acceptors (Lipinski definition) is 6. The summed E-state index contributed by atoms with van der Waals surface area (Å²) in [5.41, 5.74) is 2.36. The Hall–Kier alpha value is -3.23. The van der Waals surface area contributed by atoms with Crippen molar-refractivity contribution < 1.29 is 4.79 Å². The van der Waals surface area contributed by atoms with Crippen molar-refractivity contribution in [3.05, 3.63) is 74.6 Å². The van der Waals surface area contributed by atoms with E-state index in [1.807, 2.05) is 37.3 Å². The minimum atomic E-state index is -0.354. The van der Waals surface area contributed by atoms with E-state index >= 15 is 0 Å². The van der Waals surface area contributed by atoms with Gasteiger partial charge >= 0.3 is 0 Å². The molecule has 0 aliphatic heterocycles. The molecule has 0 radical (unpaired) electrons. The Bertz CT molecular complexity index is 1300. The van der Waals surface area contributed by atoms with Crippen molar-refractivity contribution in [1.29, 1.82) is 0 Å². The second-order valence-electron chi connectivity index (χ2n) is 6.73. The number of hydrogen-bond donors (Lipinski definition) is 2. The molecule has 0 fully saturated rings. The van der Waals surface area contributed by atoms with E-state index in [9.17, 15) is 9.59 Å². The number of halogens is 1. The summed E-state index contributed by atoms with van der Waals surface area (Å²) in [6, 6.07) is 13.0. The van der Waals surface area contributed by atoms with Crippen LogP contribution in [-0.4, -0.2) is 20.4 Å². The zero-order valence-electron chi connectivity index (χ0n) is 16.3.